The van der Waals surface area contributed by atoms with E-state index in [4.69, 9.17) is 9.15 Å². The lowest BCUT2D eigenvalue weighted by molar-refractivity contribution is -0.134. The van der Waals surface area contributed by atoms with Gasteiger partial charge >= 0.3 is 0 Å². The van der Waals surface area contributed by atoms with Crippen LogP contribution >= 0.6 is 0 Å². The molecule has 0 spiro atoms. The average molecular weight is 464 g/mol. The van der Waals surface area contributed by atoms with Crippen LogP contribution in [0.1, 0.15) is 67.9 Å². The first kappa shape index (κ1) is 22.6. The molecule has 180 valence electrons. The van der Waals surface area contributed by atoms with Gasteiger partial charge in [-0.25, -0.2) is 0 Å². The summed E-state index contributed by atoms with van der Waals surface area (Å²) in [5, 5.41) is 3.33. The number of hydrogen-bond acceptors (Lipinski definition) is 4. The van der Waals surface area contributed by atoms with Crippen LogP contribution in [-0.4, -0.2) is 40.0 Å². The third kappa shape index (κ3) is 3.97. The largest absolute Gasteiger partial charge is 0.496 e. The number of nitrogens with one attached hydrogen (secondary N) is 1. The van der Waals surface area contributed by atoms with Gasteiger partial charge in [-0.1, -0.05) is 50.3 Å². The molecule has 1 N–H and O–H groups in total. The highest BCUT2D eigenvalue weighted by Crippen LogP contribution is 2.35. The molecule has 0 saturated heterocycles. The van der Waals surface area contributed by atoms with E-state index in [1.54, 1.807) is 24.3 Å². The average Bonchev–Trinajstić information content (AvgIpc) is 3.41. The van der Waals surface area contributed by atoms with Crippen LogP contribution in [0.2, 0.25) is 0 Å². The molecule has 1 saturated carbocycles. The van der Waals surface area contributed by atoms with Crippen LogP contribution in [0.5, 0.6) is 5.75 Å². The number of amides is 2. The van der Waals surface area contributed by atoms with Crippen molar-refractivity contribution in [2.45, 2.75) is 76.5 Å². The van der Waals surface area contributed by atoms with E-state index >= 15 is 0 Å². The molecule has 34 heavy (non-hydrogen) atoms. The van der Waals surface area contributed by atoms with Crippen molar-refractivity contribution in [2.24, 2.45) is 0 Å². The Morgan fingerprint density at radius 3 is 2.65 bits per heavy atom. The smallest absolute Gasteiger partial charge is 0.271 e. The molecule has 0 radical (unpaired) electrons. The van der Waals surface area contributed by atoms with Gasteiger partial charge in [0.1, 0.15) is 17.0 Å². The Labute approximate surface area is 200 Å². The molecule has 1 atom stereocenters. The van der Waals surface area contributed by atoms with Crippen LogP contribution in [0.15, 0.2) is 47.1 Å². The standard InChI is InChI=1S/C27H33N3O4/c1-27(26(32)28-20-11-6-4-3-5-7-12-20)18-29-21-14-15-34-24(21)16-22(29)25(31)30(27)17-19-10-8-9-13-23(19)33-2/h8-10,13-16,20H,3-7,11-12,17-18H2,1-2H3,(H,28,32)/t27-/m0/s1. The monoisotopic (exact) mass is 463 g/mol. The second-order valence-corrected chi connectivity index (χ2v) is 9.78. The summed E-state index contributed by atoms with van der Waals surface area (Å²) >= 11 is 0. The Balaban J connectivity index is 1.51. The van der Waals surface area contributed by atoms with Gasteiger partial charge in [0, 0.05) is 23.7 Å². The van der Waals surface area contributed by atoms with Crippen LogP contribution in [0.4, 0.5) is 0 Å². The number of ether oxygens (including phenoxy) is 1. The minimum atomic E-state index is -1.06. The number of carbonyl (C=O) groups is 2. The van der Waals surface area contributed by atoms with E-state index in [1.165, 1.54) is 19.3 Å². The highest BCUT2D eigenvalue weighted by Gasteiger charge is 2.48. The second-order valence-electron chi connectivity index (χ2n) is 9.78. The maximum atomic E-state index is 13.9. The summed E-state index contributed by atoms with van der Waals surface area (Å²) in [6, 6.07) is 11.4. The van der Waals surface area contributed by atoms with Gasteiger partial charge in [-0.2, -0.15) is 0 Å². The fourth-order valence-corrected chi connectivity index (χ4v) is 5.47. The summed E-state index contributed by atoms with van der Waals surface area (Å²) in [7, 11) is 1.62. The molecule has 0 unspecified atom stereocenters. The Hall–Kier alpha value is -3.22. The molecule has 2 aromatic heterocycles. The molecule has 2 amide bonds. The summed E-state index contributed by atoms with van der Waals surface area (Å²) in [6.45, 7) is 2.53. The van der Waals surface area contributed by atoms with Crippen molar-refractivity contribution in [2.75, 3.05) is 7.11 Å². The predicted molar refractivity (Wildman–Crippen MR) is 130 cm³/mol. The molecule has 1 fully saturated rings. The minimum Gasteiger partial charge on any atom is -0.496 e. The maximum Gasteiger partial charge on any atom is 0.271 e. The first-order chi connectivity index (χ1) is 16.5. The van der Waals surface area contributed by atoms with E-state index in [0.717, 1.165) is 36.8 Å². The van der Waals surface area contributed by atoms with Gasteiger partial charge in [-0.05, 0) is 25.8 Å². The quantitative estimate of drug-likeness (QED) is 0.585. The molecule has 3 heterocycles. The molecule has 3 aromatic rings. The molecule has 7 nitrogen and oxygen atoms in total. The van der Waals surface area contributed by atoms with E-state index in [-0.39, 0.29) is 24.4 Å². The van der Waals surface area contributed by atoms with Crippen molar-refractivity contribution >= 4 is 22.9 Å². The molecular weight excluding hydrogens is 430 g/mol. The number of carbonyl (C=O) groups excluding carboxylic acids is 2. The third-order valence-corrected chi connectivity index (χ3v) is 7.50. The summed E-state index contributed by atoms with van der Waals surface area (Å²) in [5.74, 6) is 0.420. The van der Waals surface area contributed by atoms with Crippen molar-refractivity contribution in [3.63, 3.8) is 0 Å². The number of nitrogens with zero attached hydrogens (tertiary/aromatic N) is 2. The summed E-state index contributed by atoms with van der Waals surface area (Å²) in [6.07, 6.45) is 9.56. The number of para-hydroxylation sites is 1. The van der Waals surface area contributed by atoms with Crippen LogP contribution in [0.3, 0.4) is 0 Å². The van der Waals surface area contributed by atoms with Crippen molar-refractivity contribution in [3.05, 3.63) is 53.9 Å². The van der Waals surface area contributed by atoms with E-state index in [0.29, 0.717) is 23.6 Å². The zero-order valence-electron chi connectivity index (χ0n) is 20.0. The number of rotatable bonds is 5. The summed E-state index contributed by atoms with van der Waals surface area (Å²) in [4.78, 5) is 29.5. The molecule has 7 heteroatoms. The minimum absolute atomic E-state index is 0.0997. The van der Waals surface area contributed by atoms with Gasteiger partial charge in [-0.15, -0.1) is 0 Å². The first-order valence-electron chi connectivity index (χ1n) is 12.3. The Morgan fingerprint density at radius 1 is 1.15 bits per heavy atom. The van der Waals surface area contributed by atoms with Gasteiger partial charge in [0.15, 0.2) is 5.58 Å². The van der Waals surface area contributed by atoms with Crippen LogP contribution in [0, 0.1) is 0 Å². The number of furan rings is 1. The number of methoxy groups -OCH3 is 1. The second kappa shape index (κ2) is 9.20. The number of benzene rings is 1. The Kier molecular flexibility index (Phi) is 6.11. The Bertz CT molecular complexity index is 1190. The topological polar surface area (TPSA) is 76.7 Å². The first-order valence-corrected chi connectivity index (χ1v) is 12.3. The molecule has 5 rings (SSSR count). The number of fused-ring (bicyclic) bond motifs is 3. The molecule has 2 aliphatic rings. The van der Waals surface area contributed by atoms with Crippen molar-refractivity contribution in [1.82, 2.24) is 14.8 Å². The van der Waals surface area contributed by atoms with E-state index in [9.17, 15) is 9.59 Å². The lowest BCUT2D eigenvalue weighted by Crippen LogP contribution is -2.64. The van der Waals surface area contributed by atoms with E-state index in [2.05, 4.69) is 5.32 Å². The van der Waals surface area contributed by atoms with Crippen LogP contribution in [0.25, 0.3) is 11.1 Å². The van der Waals surface area contributed by atoms with Gasteiger partial charge in [0.05, 0.1) is 32.0 Å². The number of aromatic nitrogens is 1. The van der Waals surface area contributed by atoms with Crippen molar-refractivity contribution in [3.8, 4) is 5.75 Å². The fourth-order valence-electron chi connectivity index (χ4n) is 5.47. The fraction of sp³-hybridized carbons (Fsp3) is 0.481. The van der Waals surface area contributed by atoms with Gasteiger partial charge < -0.3 is 23.9 Å². The van der Waals surface area contributed by atoms with Gasteiger partial charge in [0.2, 0.25) is 5.91 Å². The molecular formula is C27H33N3O4. The maximum absolute atomic E-state index is 13.9. The highest BCUT2D eigenvalue weighted by atomic mass is 16.5. The van der Waals surface area contributed by atoms with Crippen LogP contribution < -0.4 is 10.1 Å². The SMILES string of the molecule is COc1ccccc1CN1C(=O)c2cc3occc3n2C[C@@]1(C)C(=O)NC1CCCCCCC1. The molecule has 1 aliphatic carbocycles. The number of hydrogen-bond donors (Lipinski definition) is 1. The molecule has 0 bridgehead atoms. The third-order valence-electron chi connectivity index (χ3n) is 7.50. The summed E-state index contributed by atoms with van der Waals surface area (Å²) in [5.41, 5.74) is 1.85. The zero-order valence-corrected chi connectivity index (χ0v) is 20.0. The van der Waals surface area contributed by atoms with Crippen molar-refractivity contribution in [1.29, 1.82) is 0 Å². The molecule has 1 aromatic carbocycles. The van der Waals surface area contributed by atoms with E-state index < -0.39 is 5.54 Å². The highest BCUT2D eigenvalue weighted by molar-refractivity contribution is 6.02. The molecule has 1 aliphatic heterocycles. The van der Waals surface area contributed by atoms with Crippen molar-refractivity contribution < 1.29 is 18.7 Å². The Morgan fingerprint density at radius 2 is 1.88 bits per heavy atom. The van der Waals surface area contributed by atoms with Gasteiger partial charge in [-0.3, -0.25) is 9.59 Å². The van der Waals surface area contributed by atoms with Gasteiger partial charge in [0.25, 0.3) is 5.91 Å². The lowest BCUT2D eigenvalue weighted by atomic mass is 9.91. The normalized spacial score (nSPS) is 21.7. The zero-order chi connectivity index (χ0) is 23.7. The predicted octanol–water partition coefficient (Wildman–Crippen LogP) is 4.89. The summed E-state index contributed by atoms with van der Waals surface area (Å²) < 4.78 is 13.0. The lowest BCUT2D eigenvalue weighted by Gasteiger charge is -2.44. The van der Waals surface area contributed by atoms with Crippen LogP contribution in [-0.2, 0) is 17.9 Å². The van der Waals surface area contributed by atoms with E-state index in [1.807, 2.05) is 41.8 Å².